The van der Waals surface area contributed by atoms with Crippen LogP contribution in [-0.2, 0) is 32.9 Å². The molecule has 12 heteroatoms. The molecule has 1 fully saturated rings. The van der Waals surface area contributed by atoms with Crippen molar-refractivity contribution in [3.63, 3.8) is 0 Å². The quantitative estimate of drug-likeness (QED) is 0.317. The van der Waals surface area contributed by atoms with Gasteiger partial charge in [-0.3, -0.25) is 9.36 Å². The normalized spacial score (nSPS) is 16.4. The van der Waals surface area contributed by atoms with E-state index in [1.807, 2.05) is 25.1 Å². The number of hydrogen-bond donors (Lipinski definition) is 2. The lowest BCUT2D eigenvalue weighted by molar-refractivity contribution is -0.239. The zero-order valence-electron chi connectivity index (χ0n) is 22.1. The summed E-state index contributed by atoms with van der Waals surface area (Å²) >= 11 is 1.19. The summed E-state index contributed by atoms with van der Waals surface area (Å²) in [6, 6.07) is 5.74. The van der Waals surface area contributed by atoms with Crippen LogP contribution in [-0.4, -0.2) is 38.1 Å². The topological polar surface area (TPSA) is 152 Å². The van der Waals surface area contributed by atoms with Crippen molar-refractivity contribution in [3.8, 4) is 10.8 Å². The first kappa shape index (κ1) is 27.0. The molecule has 3 N–H and O–H groups in total. The Morgan fingerprint density at radius 1 is 1.33 bits per heavy atom. The molecule has 0 saturated carbocycles. The zero-order valence-corrected chi connectivity index (χ0v) is 22.9. The van der Waals surface area contributed by atoms with Crippen LogP contribution in [0.1, 0.15) is 48.6 Å². The molecule has 11 nitrogen and oxygen atoms in total. The maximum Gasteiger partial charge on any atom is 0.333 e. The smallest absolute Gasteiger partial charge is 0.333 e. The highest BCUT2D eigenvalue weighted by atomic mass is 32.1. The number of benzene rings is 1. The molecule has 1 aliphatic heterocycles. The summed E-state index contributed by atoms with van der Waals surface area (Å²) in [5, 5.41) is 10.2. The molecule has 0 aliphatic carbocycles. The molecule has 5 rings (SSSR count). The molecule has 4 aromatic rings. The van der Waals surface area contributed by atoms with Crippen LogP contribution in [0.4, 0.5) is 0 Å². The van der Waals surface area contributed by atoms with E-state index in [1.54, 1.807) is 6.92 Å². The van der Waals surface area contributed by atoms with E-state index in [0.29, 0.717) is 34.2 Å². The molecular weight excluding hydrogens is 524 g/mol. The number of rotatable bonds is 9. The fraction of sp³-hybridized carbons (Fsp3) is 0.407. The number of thiophene rings is 1. The summed E-state index contributed by atoms with van der Waals surface area (Å²) < 4.78 is 19.6. The van der Waals surface area contributed by atoms with Crippen molar-refractivity contribution in [2.45, 2.75) is 65.1 Å². The van der Waals surface area contributed by atoms with Crippen molar-refractivity contribution in [2.24, 2.45) is 5.73 Å². The Labute approximate surface area is 227 Å². The summed E-state index contributed by atoms with van der Waals surface area (Å²) in [7, 11) is 0. The lowest BCUT2D eigenvalue weighted by atomic mass is 9.97. The number of carboxylic acid groups (broad SMARTS) is 1. The van der Waals surface area contributed by atoms with Gasteiger partial charge < -0.3 is 24.7 Å². The number of fused-ring (bicyclic) bond motifs is 1. The van der Waals surface area contributed by atoms with Gasteiger partial charge in [-0.05, 0) is 49.9 Å². The summed E-state index contributed by atoms with van der Waals surface area (Å²) in [5.74, 6) is -1.01. The van der Waals surface area contributed by atoms with Gasteiger partial charge in [0.25, 0.3) is 5.56 Å². The van der Waals surface area contributed by atoms with Crippen molar-refractivity contribution >= 4 is 27.5 Å². The fourth-order valence-corrected chi connectivity index (χ4v) is 6.07. The summed E-state index contributed by atoms with van der Waals surface area (Å²) in [6.07, 6.45) is 2.49. The third kappa shape index (κ3) is 4.52. The van der Waals surface area contributed by atoms with Gasteiger partial charge in [-0.2, -0.15) is 0 Å². The summed E-state index contributed by atoms with van der Waals surface area (Å²) in [6.45, 7) is 7.16. The largest absolute Gasteiger partial charge is 0.480 e. The molecular formula is C27H30N4O7S. The van der Waals surface area contributed by atoms with Gasteiger partial charge in [-0.25, -0.2) is 19.1 Å². The van der Waals surface area contributed by atoms with Crippen molar-refractivity contribution < 1.29 is 23.8 Å². The van der Waals surface area contributed by atoms with Crippen LogP contribution < -0.4 is 17.0 Å². The van der Waals surface area contributed by atoms with E-state index in [0.717, 1.165) is 21.3 Å². The number of aliphatic carboxylic acids is 1. The number of carbonyl (C=O) groups is 1. The number of aromatic nitrogens is 3. The lowest BCUT2D eigenvalue weighted by Gasteiger charge is -2.32. The monoisotopic (exact) mass is 554 g/mol. The fourth-order valence-electron chi connectivity index (χ4n) is 4.83. The predicted molar refractivity (Wildman–Crippen MR) is 145 cm³/mol. The second-order valence-electron chi connectivity index (χ2n) is 10.0. The van der Waals surface area contributed by atoms with Gasteiger partial charge in [-0.1, -0.05) is 18.2 Å². The summed E-state index contributed by atoms with van der Waals surface area (Å²) in [5.41, 5.74) is 6.04. The SMILES string of the molecule is Cc1cccc([C@H](Cn2c(=O)n(C(C)(C)C(=O)O)c(=O)c3c(C)c(-c4ncco4)sc32)OC2CCO2)c1CN. The number of nitrogens with two attached hydrogens (primary N) is 1. The van der Waals surface area contributed by atoms with Gasteiger partial charge in [0.15, 0.2) is 6.29 Å². The van der Waals surface area contributed by atoms with Crippen molar-refractivity contribution in [2.75, 3.05) is 6.61 Å². The van der Waals surface area contributed by atoms with Crippen LogP contribution in [0.25, 0.3) is 21.0 Å². The first-order chi connectivity index (χ1) is 18.6. The molecule has 0 radical (unpaired) electrons. The van der Waals surface area contributed by atoms with E-state index in [1.165, 1.54) is 42.2 Å². The van der Waals surface area contributed by atoms with Crippen molar-refractivity contribution in [3.05, 3.63) is 73.8 Å². The number of ether oxygens (including phenoxy) is 2. The van der Waals surface area contributed by atoms with Crippen molar-refractivity contribution in [1.82, 2.24) is 14.1 Å². The molecule has 0 spiro atoms. The van der Waals surface area contributed by atoms with E-state index < -0.39 is 35.2 Å². The summed E-state index contributed by atoms with van der Waals surface area (Å²) in [4.78, 5) is 45.2. The second kappa shape index (κ2) is 10.2. The Hall–Kier alpha value is -3.58. The molecule has 0 bridgehead atoms. The van der Waals surface area contributed by atoms with E-state index in [-0.39, 0.29) is 18.5 Å². The van der Waals surface area contributed by atoms with Gasteiger partial charge in [0.2, 0.25) is 5.89 Å². The van der Waals surface area contributed by atoms with Crippen LogP contribution in [0.2, 0.25) is 0 Å². The highest BCUT2D eigenvalue weighted by Gasteiger charge is 2.36. The Kier molecular flexibility index (Phi) is 7.06. The van der Waals surface area contributed by atoms with Crippen molar-refractivity contribution in [1.29, 1.82) is 0 Å². The van der Waals surface area contributed by atoms with E-state index in [4.69, 9.17) is 19.6 Å². The molecule has 1 saturated heterocycles. The first-order valence-electron chi connectivity index (χ1n) is 12.5. The molecule has 4 heterocycles. The van der Waals surface area contributed by atoms with Gasteiger partial charge >= 0.3 is 11.7 Å². The van der Waals surface area contributed by atoms with Crippen LogP contribution in [0.5, 0.6) is 0 Å². The number of aryl methyl sites for hydroxylation is 2. The second-order valence-corrected chi connectivity index (χ2v) is 11.0. The number of nitrogens with zero attached hydrogens (tertiary/aromatic N) is 3. The van der Waals surface area contributed by atoms with E-state index >= 15 is 0 Å². The van der Waals surface area contributed by atoms with Gasteiger partial charge in [0.1, 0.15) is 22.7 Å². The average Bonchev–Trinajstić information content (AvgIpc) is 3.50. The van der Waals surface area contributed by atoms with E-state index in [2.05, 4.69) is 4.98 Å². The minimum absolute atomic E-state index is 0.00734. The Bertz CT molecular complexity index is 1660. The Balaban J connectivity index is 1.79. The minimum Gasteiger partial charge on any atom is -0.480 e. The van der Waals surface area contributed by atoms with Crippen LogP contribution in [0, 0.1) is 13.8 Å². The first-order valence-corrected chi connectivity index (χ1v) is 13.4. The third-order valence-electron chi connectivity index (χ3n) is 7.24. The molecule has 0 amide bonds. The molecule has 39 heavy (non-hydrogen) atoms. The van der Waals surface area contributed by atoms with Crippen LogP contribution in [0.15, 0.2) is 44.7 Å². The highest BCUT2D eigenvalue weighted by Crippen LogP contribution is 2.37. The molecule has 206 valence electrons. The molecule has 1 unspecified atom stereocenters. The molecule has 2 atom stereocenters. The maximum atomic E-state index is 14.0. The lowest BCUT2D eigenvalue weighted by Crippen LogP contribution is -2.52. The Morgan fingerprint density at radius 3 is 2.67 bits per heavy atom. The molecule has 1 aliphatic rings. The van der Waals surface area contributed by atoms with Crippen LogP contribution >= 0.6 is 11.3 Å². The third-order valence-corrected chi connectivity index (χ3v) is 8.54. The van der Waals surface area contributed by atoms with Crippen LogP contribution in [0.3, 0.4) is 0 Å². The molecule has 3 aromatic heterocycles. The molecule has 1 aromatic carbocycles. The van der Waals surface area contributed by atoms with E-state index in [9.17, 15) is 19.5 Å². The Morgan fingerprint density at radius 2 is 2.08 bits per heavy atom. The van der Waals surface area contributed by atoms with Gasteiger partial charge in [0, 0.05) is 13.0 Å². The standard InChI is InChI=1S/C27H30N4O7S/c1-14-6-5-7-16(17(14)12-28)18(38-19-8-10-36-19)13-30-24-20(15(2)21(39-24)22-29-9-11-37-22)23(32)31(26(30)35)27(3,4)25(33)34/h5-7,9,11,18-19H,8,10,12-13,28H2,1-4H3,(H,33,34)/t18-,19?/m0/s1. The minimum atomic E-state index is -1.82. The highest BCUT2D eigenvalue weighted by molar-refractivity contribution is 7.22. The van der Waals surface area contributed by atoms with Gasteiger partial charge in [0.05, 0.1) is 29.6 Å². The maximum absolute atomic E-state index is 14.0. The zero-order chi connectivity index (χ0) is 28.1. The average molecular weight is 555 g/mol. The van der Waals surface area contributed by atoms with Gasteiger partial charge in [-0.15, -0.1) is 11.3 Å². The predicted octanol–water partition coefficient (Wildman–Crippen LogP) is 3.28. The number of hydrogen-bond acceptors (Lipinski definition) is 9. The number of carboxylic acids is 1. The number of oxazole rings is 1.